The van der Waals surface area contributed by atoms with E-state index >= 15 is 0 Å². The lowest BCUT2D eigenvalue weighted by atomic mass is 10.1. The van der Waals surface area contributed by atoms with Crippen LogP contribution in [0, 0.1) is 0 Å². The SMILES string of the molecule is COc1ccc(C(=O)NCc2ccco2)cc1S(=O)(=O)N1CCCCC1C. The van der Waals surface area contributed by atoms with Gasteiger partial charge in [-0.1, -0.05) is 6.42 Å². The second kappa shape index (κ2) is 8.14. The van der Waals surface area contributed by atoms with Crippen molar-refractivity contribution in [2.75, 3.05) is 13.7 Å². The van der Waals surface area contributed by atoms with Crippen molar-refractivity contribution in [2.45, 2.75) is 43.7 Å². The number of nitrogens with one attached hydrogen (secondary N) is 1. The Bertz CT molecular complexity index is 893. The summed E-state index contributed by atoms with van der Waals surface area (Å²) in [6.07, 6.45) is 4.19. The number of furan rings is 1. The first kappa shape index (κ1) is 19.4. The van der Waals surface area contributed by atoms with Crippen LogP contribution in [0.3, 0.4) is 0 Å². The molecular weight excluding hydrogens is 368 g/mol. The Labute approximate surface area is 159 Å². The van der Waals surface area contributed by atoms with Crippen molar-refractivity contribution in [1.29, 1.82) is 0 Å². The number of amides is 1. The van der Waals surface area contributed by atoms with E-state index in [4.69, 9.17) is 9.15 Å². The molecule has 146 valence electrons. The molecule has 1 aromatic carbocycles. The van der Waals surface area contributed by atoms with E-state index in [9.17, 15) is 13.2 Å². The number of methoxy groups -OCH3 is 1. The lowest BCUT2D eigenvalue weighted by molar-refractivity contribution is 0.0947. The lowest BCUT2D eigenvalue weighted by Gasteiger charge is -2.32. The molecule has 0 spiro atoms. The number of nitrogens with zero attached hydrogens (tertiary/aromatic N) is 1. The molecule has 0 aliphatic carbocycles. The van der Waals surface area contributed by atoms with E-state index in [1.54, 1.807) is 18.2 Å². The maximum absolute atomic E-state index is 13.2. The molecule has 2 heterocycles. The van der Waals surface area contributed by atoms with Gasteiger partial charge in [0.15, 0.2) is 0 Å². The Morgan fingerprint density at radius 1 is 1.33 bits per heavy atom. The van der Waals surface area contributed by atoms with Gasteiger partial charge in [-0.25, -0.2) is 8.42 Å². The number of benzene rings is 1. The summed E-state index contributed by atoms with van der Waals surface area (Å²) in [5.74, 6) is 0.472. The van der Waals surface area contributed by atoms with E-state index in [0.717, 1.165) is 19.3 Å². The first-order valence-electron chi connectivity index (χ1n) is 8.94. The van der Waals surface area contributed by atoms with Gasteiger partial charge in [0, 0.05) is 18.2 Å². The van der Waals surface area contributed by atoms with Gasteiger partial charge in [-0.05, 0) is 50.1 Å². The maximum atomic E-state index is 13.2. The highest BCUT2D eigenvalue weighted by atomic mass is 32.2. The molecule has 1 unspecified atom stereocenters. The lowest BCUT2D eigenvalue weighted by Crippen LogP contribution is -2.42. The van der Waals surface area contributed by atoms with Gasteiger partial charge < -0.3 is 14.5 Å². The molecule has 1 amide bonds. The Kier molecular flexibility index (Phi) is 5.86. The maximum Gasteiger partial charge on any atom is 0.251 e. The van der Waals surface area contributed by atoms with E-state index in [0.29, 0.717) is 12.3 Å². The van der Waals surface area contributed by atoms with E-state index < -0.39 is 10.0 Å². The number of sulfonamides is 1. The number of piperidine rings is 1. The molecule has 7 nitrogen and oxygen atoms in total. The zero-order valence-electron chi connectivity index (χ0n) is 15.5. The standard InChI is InChI=1S/C19H24N2O5S/c1-14-6-3-4-10-21(14)27(23,24)18-12-15(8-9-17(18)25-2)19(22)20-13-16-7-5-11-26-16/h5,7-9,11-12,14H,3-4,6,10,13H2,1-2H3,(H,20,22). The van der Waals surface area contributed by atoms with Crippen LogP contribution in [0.5, 0.6) is 5.75 Å². The molecule has 1 saturated heterocycles. The summed E-state index contributed by atoms with van der Waals surface area (Å²) >= 11 is 0. The van der Waals surface area contributed by atoms with Crippen LogP contribution in [0.1, 0.15) is 42.3 Å². The number of carbonyl (C=O) groups is 1. The van der Waals surface area contributed by atoms with Crippen LogP contribution in [-0.4, -0.2) is 38.3 Å². The average Bonchev–Trinajstić information content (AvgIpc) is 3.19. The topological polar surface area (TPSA) is 88.8 Å². The minimum absolute atomic E-state index is 0.0180. The Hall–Kier alpha value is -2.32. The zero-order chi connectivity index (χ0) is 19.4. The third-order valence-corrected chi connectivity index (χ3v) is 6.79. The molecule has 1 aromatic heterocycles. The van der Waals surface area contributed by atoms with Crippen molar-refractivity contribution in [3.05, 3.63) is 47.9 Å². The average molecular weight is 392 g/mol. The Morgan fingerprint density at radius 3 is 2.81 bits per heavy atom. The van der Waals surface area contributed by atoms with Crippen LogP contribution in [0.4, 0.5) is 0 Å². The summed E-state index contributed by atoms with van der Waals surface area (Å²) in [6, 6.07) is 7.86. The highest BCUT2D eigenvalue weighted by Gasteiger charge is 2.33. The summed E-state index contributed by atoms with van der Waals surface area (Å²) in [5.41, 5.74) is 0.255. The number of ether oxygens (including phenoxy) is 1. The molecule has 1 aliphatic heterocycles. The molecule has 1 N–H and O–H groups in total. The minimum Gasteiger partial charge on any atom is -0.495 e. The van der Waals surface area contributed by atoms with Crippen LogP contribution >= 0.6 is 0 Å². The van der Waals surface area contributed by atoms with Crippen molar-refractivity contribution >= 4 is 15.9 Å². The van der Waals surface area contributed by atoms with Crippen LogP contribution in [0.25, 0.3) is 0 Å². The highest BCUT2D eigenvalue weighted by Crippen LogP contribution is 2.31. The third-order valence-electron chi connectivity index (χ3n) is 4.76. The van der Waals surface area contributed by atoms with E-state index in [1.807, 2.05) is 6.92 Å². The van der Waals surface area contributed by atoms with Gasteiger partial charge in [-0.2, -0.15) is 4.31 Å². The smallest absolute Gasteiger partial charge is 0.251 e. The van der Waals surface area contributed by atoms with Crippen molar-refractivity contribution in [3.8, 4) is 5.75 Å². The fraction of sp³-hybridized carbons (Fsp3) is 0.421. The second-order valence-corrected chi connectivity index (χ2v) is 8.45. The molecule has 0 bridgehead atoms. The Morgan fingerprint density at radius 2 is 2.15 bits per heavy atom. The van der Waals surface area contributed by atoms with E-state index in [-0.39, 0.29) is 34.7 Å². The van der Waals surface area contributed by atoms with Gasteiger partial charge in [0.05, 0.1) is 19.9 Å². The summed E-state index contributed by atoms with van der Waals surface area (Å²) in [7, 11) is -2.34. The van der Waals surface area contributed by atoms with Gasteiger partial charge in [0.1, 0.15) is 16.4 Å². The van der Waals surface area contributed by atoms with Gasteiger partial charge in [-0.15, -0.1) is 0 Å². The monoisotopic (exact) mass is 392 g/mol. The van der Waals surface area contributed by atoms with E-state index in [1.165, 1.54) is 29.8 Å². The van der Waals surface area contributed by atoms with Crippen molar-refractivity contribution in [3.63, 3.8) is 0 Å². The van der Waals surface area contributed by atoms with Crippen LogP contribution in [-0.2, 0) is 16.6 Å². The van der Waals surface area contributed by atoms with Gasteiger partial charge in [0.2, 0.25) is 10.0 Å². The molecule has 1 atom stereocenters. The number of rotatable bonds is 6. The van der Waals surface area contributed by atoms with Crippen LogP contribution in [0.15, 0.2) is 45.9 Å². The fourth-order valence-electron chi connectivity index (χ4n) is 3.26. The first-order chi connectivity index (χ1) is 12.9. The summed E-state index contributed by atoms with van der Waals surface area (Å²) in [4.78, 5) is 12.5. The predicted octanol–water partition coefficient (Wildman–Crippen LogP) is 2.78. The van der Waals surface area contributed by atoms with Gasteiger partial charge in [-0.3, -0.25) is 4.79 Å². The molecule has 0 radical (unpaired) electrons. The molecule has 1 fully saturated rings. The van der Waals surface area contributed by atoms with E-state index in [2.05, 4.69) is 5.32 Å². The summed E-state index contributed by atoms with van der Waals surface area (Å²) in [6.45, 7) is 2.60. The summed E-state index contributed by atoms with van der Waals surface area (Å²) < 4.78 is 38.3. The molecule has 0 saturated carbocycles. The molecule has 3 rings (SSSR count). The van der Waals surface area contributed by atoms with Crippen molar-refractivity contribution < 1.29 is 22.4 Å². The minimum atomic E-state index is -3.76. The van der Waals surface area contributed by atoms with Crippen molar-refractivity contribution in [2.24, 2.45) is 0 Å². The quantitative estimate of drug-likeness (QED) is 0.817. The number of carbonyl (C=O) groups excluding carboxylic acids is 1. The molecule has 8 heteroatoms. The van der Waals surface area contributed by atoms with Crippen LogP contribution in [0.2, 0.25) is 0 Å². The zero-order valence-corrected chi connectivity index (χ0v) is 16.3. The Balaban J connectivity index is 1.87. The normalized spacial score (nSPS) is 18.2. The molecular formula is C19H24N2O5S. The predicted molar refractivity (Wildman–Crippen MR) is 100 cm³/mol. The van der Waals surface area contributed by atoms with Gasteiger partial charge >= 0.3 is 0 Å². The van der Waals surface area contributed by atoms with Crippen LogP contribution < -0.4 is 10.1 Å². The fourth-order valence-corrected chi connectivity index (χ4v) is 5.14. The van der Waals surface area contributed by atoms with Crippen molar-refractivity contribution in [1.82, 2.24) is 9.62 Å². The molecule has 27 heavy (non-hydrogen) atoms. The third kappa shape index (κ3) is 4.17. The largest absolute Gasteiger partial charge is 0.495 e. The molecule has 2 aromatic rings. The number of hydrogen-bond acceptors (Lipinski definition) is 5. The van der Waals surface area contributed by atoms with Gasteiger partial charge in [0.25, 0.3) is 5.91 Å². The molecule has 1 aliphatic rings. The first-order valence-corrected chi connectivity index (χ1v) is 10.4. The second-order valence-electron chi connectivity index (χ2n) is 6.59. The highest BCUT2D eigenvalue weighted by molar-refractivity contribution is 7.89. The summed E-state index contributed by atoms with van der Waals surface area (Å²) in [5, 5.41) is 2.72. The number of hydrogen-bond donors (Lipinski definition) is 1.